The van der Waals surface area contributed by atoms with E-state index in [-0.39, 0.29) is 17.7 Å². The van der Waals surface area contributed by atoms with Crippen LogP contribution in [0.5, 0.6) is 0 Å². The quantitative estimate of drug-likeness (QED) is 0.837. The summed E-state index contributed by atoms with van der Waals surface area (Å²) in [6, 6.07) is 0. The molecule has 1 fully saturated rings. The summed E-state index contributed by atoms with van der Waals surface area (Å²) in [5, 5.41) is 2.61. The molecule has 1 rings (SSSR count). The summed E-state index contributed by atoms with van der Waals surface area (Å²) in [4.78, 5) is 24.1. The third-order valence-electron chi connectivity index (χ3n) is 4.21. The number of carbonyl (C=O) groups is 2. The van der Waals surface area contributed by atoms with Crippen LogP contribution in [0.2, 0.25) is 0 Å². The van der Waals surface area contributed by atoms with Gasteiger partial charge in [0.1, 0.15) is 0 Å². The van der Waals surface area contributed by atoms with E-state index < -0.39 is 5.41 Å². The first-order valence-electron chi connectivity index (χ1n) is 7.32. The smallest absolute Gasteiger partial charge is 0.232 e. The Kier molecular flexibility index (Phi) is 5.83. The topological polar surface area (TPSA) is 46.2 Å². The molecule has 3 nitrogen and oxygen atoms in total. The van der Waals surface area contributed by atoms with E-state index in [0.29, 0.717) is 0 Å². The maximum absolute atomic E-state index is 12.1. The van der Waals surface area contributed by atoms with Gasteiger partial charge in [0.25, 0.3) is 0 Å². The second-order valence-corrected chi connectivity index (χ2v) is 6.10. The van der Waals surface area contributed by atoms with Crippen LogP contribution in [0.3, 0.4) is 0 Å². The monoisotopic (exact) mass is 253 g/mol. The standard InChI is InChI=1S/C15H27NO2/c1-4-15(2,3)14(18)16-13(17)12-10-8-6-5-7-9-11-12/h12H,4-11H2,1-3H3,(H,16,17,18). The molecule has 3 heteroatoms. The Hall–Kier alpha value is -0.860. The van der Waals surface area contributed by atoms with Crippen LogP contribution in [0.1, 0.15) is 72.1 Å². The number of hydrogen-bond acceptors (Lipinski definition) is 2. The van der Waals surface area contributed by atoms with Crippen LogP contribution < -0.4 is 5.32 Å². The van der Waals surface area contributed by atoms with Crippen molar-refractivity contribution < 1.29 is 9.59 Å². The Bertz CT molecular complexity index is 289. The molecule has 0 saturated heterocycles. The maximum Gasteiger partial charge on any atom is 0.232 e. The van der Waals surface area contributed by atoms with Crippen LogP contribution in [0.4, 0.5) is 0 Å². The fraction of sp³-hybridized carbons (Fsp3) is 0.867. The Morgan fingerprint density at radius 3 is 2.06 bits per heavy atom. The van der Waals surface area contributed by atoms with E-state index in [9.17, 15) is 9.59 Å². The normalized spacial score (nSPS) is 18.8. The van der Waals surface area contributed by atoms with E-state index in [1.165, 1.54) is 19.3 Å². The summed E-state index contributed by atoms with van der Waals surface area (Å²) in [5.41, 5.74) is -0.447. The Labute approximate surface area is 111 Å². The molecule has 1 saturated carbocycles. The molecule has 0 aliphatic heterocycles. The zero-order valence-corrected chi connectivity index (χ0v) is 12.1. The van der Waals surface area contributed by atoms with Gasteiger partial charge >= 0.3 is 0 Å². The number of nitrogens with one attached hydrogen (secondary N) is 1. The zero-order chi connectivity index (χ0) is 13.6. The van der Waals surface area contributed by atoms with Crippen LogP contribution in [0.15, 0.2) is 0 Å². The highest BCUT2D eigenvalue weighted by Crippen LogP contribution is 2.24. The predicted octanol–water partition coefficient (Wildman–Crippen LogP) is 3.43. The lowest BCUT2D eigenvalue weighted by atomic mass is 9.87. The van der Waals surface area contributed by atoms with Crippen LogP contribution in [0.25, 0.3) is 0 Å². The zero-order valence-electron chi connectivity index (χ0n) is 12.1. The van der Waals surface area contributed by atoms with Crippen molar-refractivity contribution in [2.24, 2.45) is 11.3 Å². The van der Waals surface area contributed by atoms with Gasteiger partial charge in [-0.2, -0.15) is 0 Å². The molecular formula is C15H27NO2. The minimum atomic E-state index is -0.447. The molecule has 18 heavy (non-hydrogen) atoms. The highest BCUT2D eigenvalue weighted by molar-refractivity contribution is 5.98. The summed E-state index contributed by atoms with van der Waals surface area (Å²) >= 11 is 0. The van der Waals surface area contributed by atoms with Gasteiger partial charge in [0.15, 0.2) is 0 Å². The fourth-order valence-electron chi connectivity index (χ4n) is 2.26. The number of imide groups is 1. The average molecular weight is 253 g/mol. The van der Waals surface area contributed by atoms with Gasteiger partial charge in [0, 0.05) is 11.3 Å². The molecule has 0 aromatic carbocycles. The van der Waals surface area contributed by atoms with Crippen molar-refractivity contribution in [1.29, 1.82) is 0 Å². The molecule has 1 aliphatic carbocycles. The van der Waals surface area contributed by atoms with Crippen molar-refractivity contribution in [3.63, 3.8) is 0 Å². The van der Waals surface area contributed by atoms with Gasteiger partial charge in [-0.25, -0.2) is 0 Å². The average Bonchev–Trinajstić information content (AvgIpc) is 2.28. The van der Waals surface area contributed by atoms with E-state index in [1.807, 2.05) is 20.8 Å². The van der Waals surface area contributed by atoms with Crippen molar-refractivity contribution in [3.05, 3.63) is 0 Å². The molecule has 0 heterocycles. The first-order chi connectivity index (χ1) is 8.47. The van der Waals surface area contributed by atoms with Gasteiger partial charge < -0.3 is 0 Å². The number of rotatable bonds is 3. The third-order valence-corrected chi connectivity index (χ3v) is 4.21. The summed E-state index contributed by atoms with van der Waals surface area (Å²) in [7, 11) is 0. The van der Waals surface area contributed by atoms with Gasteiger partial charge in [-0.15, -0.1) is 0 Å². The second kappa shape index (κ2) is 6.91. The molecule has 0 aromatic heterocycles. The minimum Gasteiger partial charge on any atom is -0.296 e. The SMILES string of the molecule is CCC(C)(C)C(=O)NC(=O)C1CCCCCCC1. The Morgan fingerprint density at radius 1 is 1.06 bits per heavy atom. The van der Waals surface area contributed by atoms with Crippen LogP contribution in [-0.2, 0) is 9.59 Å². The van der Waals surface area contributed by atoms with Crippen molar-refractivity contribution in [1.82, 2.24) is 5.32 Å². The van der Waals surface area contributed by atoms with Crippen LogP contribution in [-0.4, -0.2) is 11.8 Å². The Balaban J connectivity index is 2.50. The molecular weight excluding hydrogens is 226 g/mol. The van der Waals surface area contributed by atoms with Gasteiger partial charge in [-0.05, 0) is 19.3 Å². The Morgan fingerprint density at radius 2 is 1.56 bits per heavy atom. The molecule has 1 aliphatic rings. The summed E-state index contributed by atoms with van der Waals surface area (Å²) in [5.74, 6) is -0.137. The summed E-state index contributed by atoms with van der Waals surface area (Å²) < 4.78 is 0. The van der Waals surface area contributed by atoms with E-state index in [2.05, 4.69) is 5.32 Å². The van der Waals surface area contributed by atoms with Gasteiger partial charge in [0.05, 0.1) is 0 Å². The van der Waals surface area contributed by atoms with Crippen LogP contribution in [0, 0.1) is 11.3 Å². The number of carbonyl (C=O) groups excluding carboxylic acids is 2. The lowest BCUT2D eigenvalue weighted by molar-refractivity contribution is -0.138. The van der Waals surface area contributed by atoms with Crippen molar-refractivity contribution in [2.45, 2.75) is 72.1 Å². The molecule has 2 amide bonds. The van der Waals surface area contributed by atoms with Crippen molar-refractivity contribution in [2.75, 3.05) is 0 Å². The fourth-order valence-corrected chi connectivity index (χ4v) is 2.26. The third kappa shape index (κ3) is 4.43. The molecule has 104 valence electrons. The minimum absolute atomic E-state index is 0.0434. The summed E-state index contributed by atoms with van der Waals surface area (Å²) in [6.45, 7) is 5.74. The van der Waals surface area contributed by atoms with Crippen molar-refractivity contribution >= 4 is 11.8 Å². The van der Waals surface area contributed by atoms with E-state index in [4.69, 9.17) is 0 Å². The first kappa shape index (κ1) is 15.2. The molecule has 0 spiro atoms. The highest BCUT2D eigenvalue weighted by atomic mass is 16.2. The molecule has 0 unspecified atom stereocenters. The number of amides is 2. The van der Waals surface area contributed by atoms with Gasteiger partial charge in [-0.3, -0.25) is 14.9 Å². The van der Waals surface area contributed by atoms with Gasteiger partial charge in [-0.1, -0.05) is 52.9 Å². The maximum atomic E-state index is 12.1. The van der Waals surface area contributed by atoms with Gasteiger partial charge in [0.2, 0.25) is 11.8 Å². The van der Waals surface area contributed by atoms with Crippen molar-refractivity contribution in [3.8, 4) is 0 Å². The van der Waals surface area contributed by atoms with E-state index in [1.54, 1.807) is 0 Å². The number of hydrogen-bond donors (Lipinski definition) is 1. The predicted molar refractivity (Wildman–Crippen MR) is 73.0 cm³/mol. The van der Waals surface area contributed by atoms with E-state index in [0.717, 1.165) is 32.1 Å². The van der Waals surface area contributed by atoms with E-state index >= 15 is 0 Å². The molecule has 0 aromatic rings. The highest BCUT2D eigenvalue weighted by Gasteiger charge is 2.29. The second-order valence-electron chi connectivity index (χ2n) is 6.10. The molecule has 0 atom stereocenters. The molecule has 1 N–H and O–H groups in total. The molecule has 0 radical (unpaired) electrons. The first-order valence-corrected chi connectivity index (χ1v) is 7.32. The van der Waals surface area contributed by atoms with Crippen LogP contribution >= 0.6 is 0 Å². The molecule has 0 bridgehead atoms. The largest absolute Gasteiger partial charge is 0.296 e. The lowest BCUT2D eigenvalue weighted by Crippen LogP contribution is -2.43. The lowest BCUT2D eigenvalue weighted by Gasteiger charge is -2.24. The summed E-state index contributed by atoms with van der Waals surface area (Å²) in [6.07, 6.45) is 8.58.